The molecule has 0 saturated carbocycles. The Balaban J connectivity index is 1.48. The largest absolute Gasteiger partial charge is 0.508 e. The second-order valence-electron chi connectivity index (χ2n) is 7.64. The highest BCUT2D eigenvalue weighted by molar-refractivity contribution is 6.08. The third-order valence-corrected chi connectivity index (χ3v) is 5.34. The number of aromatic hydroxyl groups is 1. The smallest absolute Gasteiger partial charge is 0.255 e. The van der Waals surface area contributed by atoms with Crippen LogP contribution in [-0.4, -0.2) is 43.2 Å². The lowest BCUT2D eigenvalue weighted by atomic mass is 10.1. The van der Waals surface area contributed by atoms with Gasteiger partial charge in [0.2, 0.25) is 0 Å². The van der Waals surface area contributed by atoms with Crippen molar-refractivity contribution in [3.05, 3.63) is 83.4 Å². The maximum Gasteiger partial charge on any atom is 0.255 e. The van der Waals surface area contributed by atoms with Crippen molar-refractivity contribution in [1.82, 2.24) is 0 Å². The van der Waals surface area contributed by atoms with Gasteiger partial charge in [0.1, 0.15) is 5.75 Å². The molecule has 3 aromatic rings. The van der Waals surface area contributed by atoms with Crippen LogP contribution in [0.15, 0.2) is 66.7 Å². The van der Waals surface area contributed by atoms with Crippen molar-refractivity contribution in [3.8, 4) is 5.75 Å². The summed E-state index contributed by atoms with van der Waals surface area (Å²) < 4.78 is 5.40. The first kappa shape index (κ1) is 21.4. The molecule has 0 unspecified atom stereocenters. The van der Waals surface area contributed by atoms with Crippen LogP contribution in [-0.2, 0) is 4.74 Å². The van der Waals surface area contributed by atoms with Gasteiger partial charge < -0.3 is 25.4 Å². The number of morpholine rings is 1. The zero-order chi connectivity index (χ0) is 22.5. The van der Waals surface area contributed by atoms with Gasteiger partial charge in [-0.2, -0.15) is 0 Å². The average Bonchev–Trinajstić information content (AvgIpc) is 2.81. The highest BCUT2D eigenvalue weighted by Crippen LogP contribution is 2.23. The third-order valence-electron chi connectivity index (χ3n) is 5.34. The lowest BCUT2D eigenvalue weighted by Crippen LogP contribution is -2.36. The minimum atomic E-state index is -0.361. The molecule has 0 atom stereocenters. The monoisotopic (exact) mass is 431 g/mol. The van der Waals surface area contributed by atoms with Crippen LogP contribution in [0.4, 0.5) is 17.1 Å². The van der Waals surface area contributed by atoms with E-state index in [1.165, 1.54) is 12.1 Å². The van der Waals surface area contributed by atoms with Gasteiger partial charge in [0.15, 0.2) is 0 Å². The minimum absolute atomic E-state index is 0.0156. The number of rotatable bonds is 5. The second kappa shape index (κ2) is 9.53. The topological polar surface area (TPSA) is 90.9 Å². The minimum Gasteiger partial charge on any atom is -0.508 e. The Hall–Kier alpha value is -3.84. The number of hydrogen-bond donors (Lipinski definition) is 3. The van der Waals surface area contributed by atoms with Crippen molar-refractivity contribution >= 4 is 28.9 Å². The Kier molecular flexibility index (Phi) is 6.37. The predicted octanol–water partition coefficient (Wildman–Crippen LogP) is 4.04. The van der Waals surface area contributed by atoms with Gasteiger partial charge in [0.25, 0.3) is 11.8 Å². The highest BCUT2D eigenvalue weighted by atomic mass is 16.5. The molecule has 7 heteroatoms. The summed E-state index contributed by atoms with van der Waals surface area (Å²) in [6, 6.07) is 19.0. The Labute approximate surface area is 186 Å². The number of amides is 2. The first-order valence-electron chi connectivity index (χ1n) is 10.4. The van der Waals surface area contributed by atoms with Crippen molar-refractivity contribution in [2.45, 2.75) is 6.92 Å². The molecule has 1 aliphatic heterocycles. The fourth-order valence-corrected chi connectivity index (χ4v) is 3.54. The molecule has 2 amide bonds. The molecule has 3 N–H and O–H groups in total. The van der Waals surface area contributed by atoms with E-state index < -0.39 is 0 Å². The van der Waals surface area contributed by atoms with Crippen LogP contribution in [0.5, 0.6) is 5.75 Å². The number of carbonyl (C=O) groups is 2. The van der Waals surface area contributed by atoms with Gasteiger partial charge in [-0.1, -0.05) is 18.2 Å². The molecule has 4 rings (SSSR count). The number of nitrogens with zero attached hydrogens (tertiary/aromatic N) is 1. The van der Waals surface area contributed by atoms with Gasteiger partial charge in [-0.15, -0.1) is 0 Å². The number of nitrogens with one attached hydrogen (secondary N) is 2. The Morgan fingerprint density at radius 2 is 1.59 bits per heavy atom. The van der Waals surface area contributed by atoms with Crippen LogP contribution < -0.4 is 15.5 Å². The van der Waals surface area contributed by atoms with Gasteiger partial charge in [-0.05, 0) is 61.0 Å². The summed E-state index contributed by atoms with van der Waals surface area (Å²) in [6.07, 6.45) is 0. The lowest BCUT2D eigenvalue weighted by Gasteiger charge is -2.29. The number of anilines is 3. The van der Waals surface area contributed by atoms with E-state index >= 15 is 0 Å². The SMILES string of the molecule is Cc1ccc(C(=O)Nc2cccc(N3CCOCC3)c2)cc1NC(=O)c1cccc(O)c1. The summed E-state index contributed by atoms with van der Waals surface area (Å²) in [5.74, 6) is -0.612. The average molecular weight is 431 g/mol. The quantitative estimate of drug-likeness (QED) is 0.567. The first-order chi connectivity index (χ1) is 15.5. The van der Waals surface area contributed by atoms with Crippen molar-refractivity contribution in [2.75, 3.05) is 41.8 Å². The van der Waals surface area contributed by atoms with Gasteiger partial charge in [0, 0.05) is 41.3 Å². The van der Waals surface area contributed by atoms with Crippen LogP contribution in [0.25, 0.3) is 0 Å². The standard InChI is InChI=1S/C25H25N3O4/c1-17-8-9-19(15-23(17)27-25(31)18-4-2-7-22(29)14-18)24(30)26-20-5-3-6-21(16-20)28-10-12-32-13-11-28/h2-9,14-16,29H,10-13H2,1H3,(H,26,30)(H,27,31). The molecule has 1 saturated heterocycles. The molecule has 1 heterocycles. The zero-order valence-electron chi connectivity index (χ0n) is 17.8. The van der Waals surface area contributed by atoms with E-state index in [1.807, 2.05) is 31.2 Å². The van der Waals surface area contributed by atoms with E-state index in [0.29, 0.717) is 35.7 Å². The zero-order valence-corrected chi connectivity index (χ0v) is 17.8. The third kappa shape index (κ3) is 5.07. The Morgan fingerprint density at radius 3 is 2.38 bits per heavy atom. The van der Waals surface area contributed by atoms with Crippen molar-refractivity contribution < 1.29 is 19.4 Å². The van der Waals surface area contributed by atoms with Crippen LogP contribution >= 0.6 is 0 Å². The van der Waals surface area contributed by atoms with Gasteiger partial charge in [0.05, 0.1) is 13.2 Å². The number of phenolic OH excluding ortho intramolecular Hbond substituents is 1. The molecule has 0 aromatic heterocycles. The van der Waals surface area contributed by atoms with E-state index in [2.05, 4.69) is 15.5 Å². The molecule has 0 bridgehead atoms. The molecule has 3 aromatic carbocycles. The van der Waals surface area contributed by atoms with Crippen molar-refractivity contribution in [3.63, 3.8) is 0 Å². The van der Waals surface area contributed by atoms with E-state index in [9.17, 15) is 14.7 Å². The van der Waals surface area contributed by atoms with Crippen molar-refractivity contribution in [1.29, 1.82) is 0 Å². The predicted molar refractivity (Wildman–Crippen MR) is 125 cm³/mol. The number of phenols is 1. The van der Waals surface area contributed by atoms with Crippen molar-refractivity contribution in [2.24, 2.45) is 0 Å². The maximum atomic E-state index is 12.9. The van der Waals surface area contributed by atoms with Crippen LogP contribution in [0.3, 0.4) is 0 Å². The van der Waals surface area contributed by atoms with E-state index in [4.69, 9.17) is 4.74 Å². The number of ether oxygens (including phenoxy) is 1. The molecule has 1 fully saturated rings. The summed E-state index contributed by atoms with van der Waals surface area (Å²) in [7, 11) is 0. The van der Waals surface area contributed by atoms with Crippen LogP contribution in [0.1, 0.15) is 26.3 Å². The molecule has 7 nitrogen and oxygen atoms in total. The lowest BCUT2D eigenvalue weighted by molar-refractivity contribution is 0.101. The van der Waals surface area contributed by atoms with Crippen LogP contribution in [0, 0.1) is 6.92 Å². The molecular formula is C25H25N3O4. The first-order valence-corrected chi connectivity index (χ1v) is 10.4. The number of hydrogen-bond acceptors (Lipinski definition) is 5. The number of aryl methyl sites for hydroxylation is 1. The van der Waals surface area contributed by atoms with Gasteiger partial charge in [-0.3, -0.25) is 9.59 Å². The summed E-state index contributed by atoms with van der Waals surface area (Å²) in [5.41, 5.74) is 3.86. The Morgan fingerprint density at radius 1 is 0.875 bits per heavy atom. The maximum absolute atomic E-state index is 12.9. The normalized spacial score (nSPS) is 13.5. The summed E-state index contributed by atoms with van der Waals surface area (Å²) >= 11 is 0. The second-order valence-corrected chi connectivity index (χ2v) is 7.64. The number of benzene rings is 3. The van der Waals surface area contributed by atoms with E-state index in [1.54, 1.807) is 30.3 Å². The highest BCUT2D eigenvalue weighted by Gasteiger charge is 2.14. The van der Waals surface area contributed by atoms with Crippen LogP contribution in [0.2, 0.25) is 0 Å². The molecule has 0 radical (unpaired) electrons. The fraction of sp³-hybridized carbons (Fsp3) is 0.200. The van der Waals surface area contributed by atoms with Gasteiger partial charge in [-0.25, -0.2) is 0 Å². The number of carbonyl (C=O) groups excluding carboxylic acids is 2. The molecule has 0 aliphatic carbocycles. The summed E-state index contributed by atoms with van der Waals surface area (Å²) in [5, 5.41) is 15.4. The molecule has 32 heavy (non-hydrogen) atoms. The molecule has 1 aliphatic rings. The summed E-state index contributed by atoms with van der Waals surface area (Å²) in [6.45, 7) is 4.87. The fourth-order valence-electron chi connectivity index (χ4n) is 3.54. The Bertz CT molecular complexity index is 1140. The molecular weight excluding hydrogens is 406 g/mol. The molecule has 164 valence electrons. The summed E-state index contributed by atoms with van der Waals surface area (Å²) in [4.78, 5) is 27.6. The van der Waals surface area contributed by atoms with E-state index in [-0.39, 0.29) is 17.6 Å². The van der Waals surface area contributed by atoms with Gasteiger partial charge >= 0.3 is 0 Å². The van der Waals surface area contributed by atoms with E-state index in [0.717, 1.165) is 24.3 Å². The molecule has 0 spiro atoms.